The second kappa shape index (κ2) is 13.2. The molecule has 3 aromatic rings. The maximum absolute atomic E-state index is 13.3. The Hall–Kier alpha value is -4.61. The van der Waals surface area contributed by atoms with E-state index in [0.29, 0.717) is 34.0 Å². The van der Waals surface area contributed by atoms with Crippen LogP contribution in [0.2, 0.25) is 0 Å². The predicted octanol–water partition coefficient (Wildman–Crippen LogP) is 2.99. The van der Waals surface area contributed by atoms with Crippen molar-refractivity contribution in [3.63, 3.8) is 0 Å². The van der Waals surface area contributed by atoms with E-state index in [4.69, 9.17) is 9.47 Å². The summed E-state index contributed by atoms with van der Waals surface area (Å²) in [6.07, 6.45) is -2.35. The number of aliphatic hydroxyl groups excluding tert-OH is 2. The number of urea groups is 1. The summed E-state index contributed by atoms with van der Waals surface area (Å²) >= 11 is 0. The van der Waals surface area contributed by atoms with Crippen molar-refractivity contribution >= 4 is 29.3 Å². The van der Waals surface area contributed by atoms with E-state index in [2.05, 4.69) is 15.4 Å². The van der Waals surface area contributed by atoms with Crippen LogP contribution in [0.25, 0.3) is 0 Å². The molecule has 1 aliphatic heterocycles. The molecule has 41 heavy (non-hydrogen) atoms. The zero-order valence-electron chi connectivity index (χ0n) is 23.0. The number of hydrogen-bond acceptors (Lipinski definition) is 8. The van der Waals surface area contributed by atoms with Crippen molar-refractivity contribution in [2.75, 3.05) is 38.0 Å². The van der Waals surface area contributed by atoms with Crippen molar-refractivity contribution in [2.45, 2.75) is 31.6 Å². The Bertz CT molecular complexity index is 1390. The first-order chi connectivity index (χ1) is 19.7. The number of nitrogens with zero attached hydrogens (tertiary/aromatic N) is 1. The Morgan fingerprint density at radius 2 is 1.66 bits per heavy atom. The number of hydrogen-bond donors (Lipinski definition) is 4. The predicted molar refractivity (Wildman–Crippen MR) is 151 cm³/mol. The van der Waals surface area contributed by atoms with Crippen molar-refractivity contribution in [2.24, 2.45) is 0 Å². The molecule has 4 rings (SSSR count). The molecule has 11 nitrogen and oxygen atoms in total. The summed E-state index contributed by atoms with van der Waals surface area (Å²) in [6.45, 7) is 1.77. The molecule has 3 atom stereocenters. The first-order valence-corrected chi connectivity index (χ1v) is 13.0. The fraction of sp³-hybridized carbons (Fsp3) is 0.300. The summed E-state index contributed by atoms with van der Waals surface area (Å²) in [6, 6.07) is 17.4. The standard InChI is InChI=1S/C30H33N3O8/c1-18-6-4-5-7-22(18)31-30(38)32-23-13-8-19(14-26(23)39-2)15-27(35)33-16-25(34)28(36)24(33)17-41-21-11-9-20(10-12-21)29(37)40-3/h4-14,24-25,28,34,36H,15-17H2,1-3H3,(H2,31,32,38)/t24-,25+,28-/m1/s1. The van der Waals surface area contributed by atoms with Gasteiger partial charge in [-0.05, 0) is 60.5 Å². The molecule has 3 amide bonds. The number of amides is 3. The molecule has 0 radical (unpaired) electrons. The Morgan fingerprint density at radius 1 is 0.951 bits per heavy atom. The van der Waals surface area contributed by atoms with E-state index < -0.39 is 30.3 Å². The molecular formula is C30H33N3O8. The van der Waals surface area contributed by atoms with E-state index in [1.165, 1.54) is 19.1 Å². The van der Waals surface area contributed by atoms with Gasteiger partial charge in [0.05, 0.1) is 44.0 Å². The Balaban J connectivity index is 1.39. The van der Waals surface area contributed by atoms with Crippen LogP contribution in [0, 0.1) is 6.92 Å². The van der Waals surface area contributed by atoms with Crippen LogP contribution in [0.15, 0.2) is 66.7 Å². The highest BCUT2D eigenvalue weighted by Gasteiger charge is 2.42. The van der Waals surface area contributed by atoms with Gasteiger partial charge < -0.3 is 40.0 Å². The lowest BCUT2D eigenvalue weighted by Gasteiger charge is -2.26. The zero-order chi connectivity index (χ0) is 29.5. The van der Waals surface area contributed by atoms with Crippen LogP contribution >= 0.6 is 0 Å². The van der Waals surface area contributed by atoms with E-state index in [0.717, 1.165) is 5.56 Å². The van der Waals surface area contributed by atoms with Gasteiger partial charge >= 0.3 is 12.0 Å². The van der Waals surface area contributed by atoms with Crippen LogP contribution in [0.3, 0.4) is 0 Å². The maximum atomic E-state index is 13.3. The number of ether oxygens (including phenoxy) is 3. The SMILES string of the molecule is COC(=O)c1ccc(OC[C@@H]2[C@@H](O)[C@@H](O)CN2C(=O)Cc2ccc(NC(=O)Nc3ccccc3C)c(OC)c2)cc1. The van der Waals surface area contributed by atoms with Crippen LogP contribution in [0.1, 0.15) is 21.5 Å². The Morgan fingerprint density at radius 3 is 2.34 bits per heavy atom. The number of benzene rings is 3. The van der Waals surface area contributed by atoms with Gasteiger partial charge in [0.25, 0.3) is 0 Å². The summed E-state index contributed by atoms with van der Waals surface area (Å²) in [4.78, 5) is 38.8. The van der Waals surface area contributed by atoms with Crippen molar-refractivity contribution in [3.05, 3.63) is 83.4 Å². The monoisotopic (exact) mass is 563 g/mol. The first kappa shape index (κ1) is 29.4. The highest BCUT2D eigenvalue weighted by molar-refractivity contribution is 6.01. The number of carbonyl (C=O) groups is 3. The molecule has 0 aliphatic carbocycles. The van der Waals surface area contributed by atoms with Gasteiger partial charge in [-0.3, -0.25) is 4.79 Å². The number of nitrogens with one attached hydrogen (secondary N) is 2. The van der Waals surface area contributed by atoms with Crippen molar-refractivity contribution in [1.29, 1.82) is 0 Å². The van der Waals surface area contributed by atoms with E-state index >= 15 is 0 Å². The van der Waals surface area contributed by atoms with Crippen LogP contribution < -0.4 is 20.1 Å². The van der Waals surface area contributed by atoms with Crippen LogP contribution in [0.5, 0.6) is 11.5 Å². The molecule has 0 spiro atoms. The number of carbonyl (C=O) groups excluding carboxylic acids is 3. The smallest absolute Gasteiger partial charge is 0.337 e. The number of aliphatic hydroxyl groups is 2. The van der Waals surface area contributed by atoms with E-state index in [-0.39, 0.29) is 25.5 Å². The van der Waals surface area contributed by atoms with E-state index in [1.54, 1.807) is 48.5 Å². The topological polar surface area (TPSA) is 147 Å². The minimum Gasteiger partial charge on any atom is -0.495 e. The average molecular weight is 564 g/mol. The fourth-order valence-electron chi connectivity index (χ4n) is 4.56. The molecule has 0 bridgehead atoms. The molecule has 0 unspecified atom stereocenters. The Kier molecular flexibility index (Phi) is 9.43. The first-order valence-electron chi connectivity index (χ1n) is 13.0. The number of methoxy groups -OCH3 is 2. The van der Waals surface area contributed by atoms with Gasteiger partial charge in [0.1, 0.15) is 24.2 Å². The number of para-hydroxylation sites is 1. The lowest BCUT2D eigenvalue weighted by atomic mass is 10.1. The quantitative estimate of drug-likeness (QED) is 0.291. The second-order valence-corrected chi connectivity index (χ2v) is 9.60. The molecule has 0 saturated carbocycles. The van der Waals surface area contributed by atoms with Gasteiger partial charge in [0.15, 0.2) is 0 Å². The van der Waals surface area contributed by atoms with Crippen LogP contribution in [-0.4, -0.2) is 78.6 Å². The number of likely N-dealkylation sites (tertiary alicyclic amines) is 1. The lowest BCUT2D eigenvalue weighted by molar-refractivity contribution is -0.132. The number of rotatable bonds is 9. The van der Waals surface area contributed by atoms with Gasteiger partial charge in [-0.15, -0.1) is 0 Å². The van der Waals surface area contributed by atoms with E-state index in [9.17, 15) is 24.6 Å². The summed E-state index contributed by atoms with van der Waals surface area (Å²) in [5.74, 6) is -0.00567. The summed E-state index contributed by atoms with van der Waals surface area (Å²) < 4.78 is 15.9. The molecule has 1 fully saturated rings. The second-order valence-electron chi connectivity index (χ2n) is 9.60. The van der Waals surface area contributed by atoms with Crippen molar-refractivity contribution < 1.29 is 38.8 Å². The third kappa shape index (κ3) is 7.13. The zero-order valence-corrected chi connectivity index (χ0v) is 23.0. The normalized spacial score (nSPS) is 18.0. The summed E-state index contributed by atoms with van der Waals surface area (Å²) in [7, 11) is 2.75. The molecule has 1 heterocycles. The van der Waals surface area contributed by atoms with Gasteiger partial charge in [0.2, 0.25) is 5.91 Å². The van der Waals surface area contributed by atoms with Gasteiger partial charge in [-0.1, -0.05) is 24.3 Å². The Labute approximate surface area is 237 Å². The average Bonchev–Trinajstić information content (AvgIpc) is 3.26. The molecule has 0 aromatic heterocycles. The number of aryl methyl sites for hydroxylation is 1. The fourth-order valence-corrected chi connectivity index (χ4v) is 4.56. The third-order valence-electron chi connectivity index (χ3n) is 6.85. The minimum atomic E-state index is -1.19. The highest BCUT2D eigenvalue weighted by atomic mass is 16.5. The van der Waals surface area contributed by atoms with Gasteiger partial charge in [-0.2, -0.15) is 0 Å². The lowest BCUT2D eigenvalue weighted by Crippen LogP contribution is -2.44. The van der Waals surface area contributed by atoms with Gasteiger partial charge in [0, 0.05) is 12.2 Å². The van der Waals surface area contributed by atoms with E-state index in [1.807, 2.05) is 25.1 Å². The molecular weight excluding hydrogens is 530 g/mol. The largest absolute Gasteiger partial charge is 0.495 e. The van der Waals surface area contributed by atoms with Crippen molar-refractivity contribution in [3.8, 4) is 11.5 Å². The molecule has 1 aliphatic rings. The molecule has 11 heteroatoms. The third-order valence-corrected chi connectivity index (χ3v) is 6.85. The van der Waals surface area contributed by atoms with Crippen LogP contribution in [-0.2, 0) is 16.0 Å². The van der Waals surface area contributed by atoms with Gasteiger partial charge in [-0.25, -0.2) is 9.59 Å². The molecule has 4 N–H and O–H groups in total. The molecule has 1 saturated heterocycles. The van der Waals surface area contributed by atoms with Crippen molar-refractivity contribution in [1.82, 2.24) is 4.90 Å². The molecule has 3 aromatic carbocycles. The molecule has 216 valence electrons. The maximum Gasteiger partial charge on any atom is 0.337 e. The number of esters is 1. The highest BCUT2D eigenvalue weighted by Crippen LogP contribution is 2.28. The number of β-amino-alcohol motifs (C(OH)–C–C–N with tert-alkyl or cyclic N) is 1. The summed E-state index contributed by atoms with van der Waals surface area (Å²) in [5, 5.41) is 26.4. The number of anilines is 2. The van der Waals surface area contributed by atoms with Crippen LogP contribution in [0.4, 0.5) is 16.2 Å². The minimum absolute atomic E-state index is 0.0319. The summed E-state index contributed by atoms with van der Waals surface area (Å²) in [5.41, 5.74) is 2.99.